The van der Waals surface area contributed by atoms with Crippen LogP contribution in [-0.4, -0.2) is 43.9 Å². The van der Waals surface area contributed by atoms with Crippen LogP contribution in [0.5, 0.6) is 0 Å². The van der Waals surface area contributed by atoms with E-state index >= 15 is 0 Å². The molecular formula is C21H37NO3Si. The van der Waals surface area contributed by atoms with Crippen molar-refractivity contribution < 1.29 is 14.6 Å². The van der Waals surface area contributed by atoms with Crippen LogP contribution in [0.3, 0.4) is 0 Å². The first-order chi connectivity index (χ1) is 12.1. The Labute approximate surface area is 160 Å². The minimum Gasteiger partial charge on any atom is -0.417 e. The van der Waals surface area contributed by atoms with E-state index < -0.39 is 13.9 Å². The molecule has 0 bridgehead atoms. The van der Waals surface area contributed by atoms with Crippen molar-refractivity contribution in [1.82, 2.24) is 5.32 Å². The molecule has 1 rings (SSSR count). The molecule has 0 unspecified atom stereocenters. The molecule has 0 aromatic heterocycles. The van der Waals surface area contributed by atoms with Gasteiger partial charge in [-0.3, -0.25) is 5.32 Å². The molecule has 0 amide bonds. The fourth-order valence-corrected chi connectivity index (χ4v) is 3.52. The van der Waals surface area contributed by atoms with Crippen LogP contribution in [-0.2, 0) is 4.43 Å². The van der Waals surface area contributed by atoms with Gasteiger partial charge in [-0.15, -0.1) is 0 Å². The Morgan fingerprint density at radius 3 is 2.19 bits per heavy atom. The van der Waals surface area contributed by atoms with Crippen LogP contribution in [0.1, 0.15) is 45.7 Å². The van der Waals surface area contributed by atoms with Crippen LogP contribution in [0.4, 0.5) is 0 Å². The lowest BCUT2D eigenvalue weighted by Gasteiger charge is -2.36. The second kappa shape index (κ2) is 9.81. The normalized spacial score (nSPS) is 14.8. The highest BCUT2D eigenvalue weighted by atomic mass is 28.4. The summed E-state index contributed by atoms with van der Waals surface area (Å²) in [6.07, 6.45) is 4.63. The molecule has 0 radical (unpaired) electrons. The molecule has 0 heterocycles. The molecule has 0 fully saturated rings. The van der Waals surface area contributed by atoms with Crippen molar-refractivity contribution in [3.05, 3.63) is 48.0 Å². The lowest BCUT2D eigenvalue weighted by atomic mass is 9.97. The van der Waals surface area contributed by atoms with Crippen molar-refractivity contribution in [3.8, 4) is 0 Å². The maximum atomic E-state index is 9.87. The Kier molecular flexibility index (Phi) is 8.70. The third kappa shape index (κ3) is 6.63. The molecule has 0 aliphatic carbocycles. The zero-order valence-corrected chi connectivity index (χ0v) is 18.2. The van der Waals surface area contributed by atoms with Gasteiger partial charge in [0.15, 0.2) is 8.32 Å². The van der Waals surface area contributed by atoms with Gasteiger partial charge in [-0.05, 0) is 37.0 Å². The van der Waals surface area contributed by atoms with Gasteiger partial charge in [0.05, 0.1) is 18.8 Å². The Morgan fingerprint density at radius 2 is 1.69 bits per heavy atom. The van der Waals surface area contributed by atoms with Crippen molar-refractivity contribution in [3.63, 3.8) is 0 Å². The maximum Gasteiger partial charge on any atom is 0.191 e. The predicted octanol–water partition coefficient (Wildman–Crippen LogP) is 4.03. The number of aliphatic hydroxyl groups is 2. The molecule has 0 aliphatic heterocycles. The average molecular weight is 380 g/mol. The minimum atomic E-state index is -1.74. The van der Waals surface area contributed by atoms with E-state index in [-0.39, 0.29) is 24.3 Å². The number of aliphatic hydroxyl groups excluding tert-OH is 2. The van der Waals surface area contributed by atoms with Gasteiger partial charge in [-0.2, -0.15) is 0 Å². The lowest BCUT2D eigenvalue weighted by Crippen LogP contribution is -2.51. The Hall–Kier alpha value is -0.983. The van der Waals surface area contributed by atoms with E-state index in [2.05, 4.69) is 39.2 Å². The molecule has 1 atom stereocenters. The van der Waals surface area contributed by atoms with Gasteiger partial charge in [-0.25, -0.2) is 0 Å². The van der Waals surface area contributed by atoms with Gasteiger partial charge >= 0.3 is 0 Å². The van der Waals surface area contributed by atoms with Gasteiger partial charge in [-0.1, -0.05) is 63.3 Å². The maximum absolute atomic E-state index is 9.87. The first-order valence-corrected chi connectivity index (χ1v) is 12.3. The van der Waals surface area contributed by atoms with E-state index in [4.69, 9.17) is 4.43 Å². The fourth-order valence-electron chi connectivity index (χ4n) is 2.46. The van der Waals surface area contributed by atoms with Gasteiger partial charge in [0, 0.05) is 12.6 Å². The number of nitrogens with one attached hydrogen (secondary N) is 1. The van der Waals surface area contributed by atoms with Crippen LogP contribution in [0, 0.1) is 0 Å². The highest BCUT2D eigenvalue weighted by molar-refractivity contribution is 6.74. The van der Waals surface area contributed by atoms with Crippen LogP contribution in [0.15, 0.2) is 42.5 Å². The average Bonchev–Trinajstić information content (AvgIpc) is 2.60. The summed E-state index contributed by atoms with van der Waals surface area (Å²) in [4.78, 5) is 0. The molecule has 4 nitrogen and oxygen atoms in total. The molecule has 26 heavy (non-hydrogen) atoms. The van der Waals surface area contributed by atoms with Gasteiger partial charge in [0.25, 0.3) is 0 Å². The molecule has 0 saturated carbocycles. The summed E-state index contributed by atoms with van der Waals surface area (Å²) in [7, 11) is -1.74. The van der Waals surface area contributed by atoms with E-state index in [0.717, 1.165) is 12.0 Å². The second-order valence-corrected chi connectivity index (χ2v) is 13.4. The molecule has 0 spiro atoms. The predicted molar refractivity (Wildman–Crippen MR) is 112 cm³/mol. The van der Waals surface area contributed by atoms with Crippen LogP contribution >= 0.6 is 0 Å². The summed E-state index contributed by atoms with van der Waals surface area (Å²) in [5, 5.41) is 23.3. The largest absolute Gasteiger partial charge is 0.417 e. The quantitative estimate of drug-likeness (QED) is 0.326. The standard InChI is InChI=1S/C21H37NO3Si/c1-18(19-12-8-7-9-13-19)22-21(16-23,17-24)14-10-11-15-25-26(5,6)20(2,3)4/h7-10,12-14,18,22-24H,11,15-17H2,1-6H3/b14-10+/t18-/m0/s1. The minimum absolute atomic E-state index is 0.0173. The zero-order chi connectivity index (χ0) is 19.8. The van der Waals surface area contributed by atoms with Crippen molar-refractivity contribution in [1.29, 1.82) is 0 Å². The number of hydrogen-bond acceptors (Lipinski definition) is 4. The summed E-state index contributed by atoms with van der Waals surface area (Å²) in [5.74, 6) is 0. The Balaban J connectivity index is 2.65. The highest BCUT2D eigenvalue weighted by Crippen LogP contribution is 2.36. The van der Waals surface area contributed by atoms with Crippen LogP contribution in [0.25, 0.3) is 0 Å². The topological polar surface area (TPSA) is 61.7 Å². The van der Waals surface area contributed by atoms with Gasteiger partial charge < -0.3 is 14.6 Å². The first-order valence-electron chi connectivity index (χ1n) is 9.43. The first kappa shape index (κ1) is 23.1. The summed E-state index contributed by atoms with van der Waals surface area (Å²) in [6.45, 7) is 13.5. The molecule has 5 heteroatoms. The van der Waals surface area contributed by atoms with Crippen molar-refractivity contribution in [2.45, 2.75) is 63.8 Å². The molecule has 1 aromatic carbocycles. The number of hydrogen-bond donors (Lipinski definition) is 3. The van der Waals surface area contributed by atoms with E-state index in [1.54, 1.807) is 0 Å². The number of rotatable bonds is 10. The van der Waals surface area contributed by atoms with E-state index in [1.807, 2.05) is 49.4 Å². The summed E-state index contributed by atoms with van der Waals surface area (Å²) >= 11 is 0. The monoisotopic (exact) mass is 379 g/mol. The van der Waals surface area contributed by atoms with Crippen molar-refractivity contribution in [2.24, 2.45) is 0 Å². The summed E-state index contributed by atoms with van der Waals surface area (Å²) < 4.78 is 6.17. The SMILES string of the molecule is C[C@H](NC(/C=C/CCO[Si](C)(C)C(C)(C)C)(CO)CO)c1ccccc1. The summed E-state index contributed by atoms with van der Waals surface area (Å²) in [5.41, 5.74) is 0.278. The van der Waals surface area contributed by atoms with Crippen LogP contribution < -0.4 is 5.32 Å². The van der Waals surface area contributed by atoms with E-state index in [1.165, 1.54) is 0 Å². The third-order valence-corrected chi connectivity index (χ3v) is 9.90. The van der Waals surface area contributed by atoms with Gasteiger partial charge in [0.1, 0.15) is 0 Å². The number of benzene rings is 1. The Bertz CT molecular complexity index is 548. The van der Waals surface area contributed by atoms with Crippen molar-refractivity contribution in [2.75, 3.05) is 19.8 Å². The molecule has 0 saturated heterocycles. The molecule has 0 aliphatic rings. The van der Waals surface area contributed by atoms with E-state index in [0.29, 0.717) is 6.61 Å². The third-order valence-electron chi connectivity index (χ3n) is 5.36. The molecule has 1 aromatic rings. The lowest BCUT2D eigenvalue weighted by molar-refractivity contribution is 0.115. The zero-order valence-electron chi connectivity index (χ0n) is 17.2. The molecule has 148 valence electrons. The highest BCUT2D eigenvalue weighted by Gasteiger charge is 2.36. The fraction of sp³-hybridized carbons (Fsp3) is 0.619. The van der Waals surface area contributed by atoms with E-state index in [9.17, 15) is 10.2 Å². The summed E-state index contributed by atoms with van der Waals surface area (Å²) in [6, 6.07) is 10.0. The van der Waals surface area contributed by atoms with Gasteiger partial charge in [0.2, 0.25) is 0 Å². The molecular weight excluding hydrogens is 342 g/mol. The second-order valence-electron chi connectivity index (χ2n) is 8.55. The Morgan fingerprint density at radius 1 is 1.12 bits per heavy atom. The molecule has 3 N–H and O–H groups in total. The van der Waals surface area contributed by atoms with Crippen molar-refractivity contribution >= 4 is 8.32 Å². The van der Waals surface area contributed by atoms with Crippen LogP contribution in [0.2, 0.25) is 18.1 Å². The smallest absolute Gasteiger partial charge is 0.191 e.